The molecule has 0 heterocycles. The predicted octanol–water partition coefficient (Wildman–Crippen LogP) is 1.22. The van der Waals surface area contributed by atoms with Gasteiger partial charge < -0.3 is 5.11 Å². The lowest BCUT2D eigenvalue weighted by molar-refractivity contribution is 0.139. The lowest BCUT2D eigenvalue weighted by atomic mass is 10.0. The van der Waals surface area contributed by atoms with Gasteiger partial charge >= 0.3 is 0 Å². The summed E-state index contributed by atoms with van der Waals surface area (Å²) in [5.41, 5.74) is 3.97. The van der Waals surface area contributed by atoms with Gasteiger partial charge in [0.25, 0.3) is 0 Å². The van der Waals surface area contributed by atoms with Crippen molar-refractivity contribution in [3.05, 3.63) is 35.9 Å². The summed E-state index contributed by atoms with van der Waals surface area (Å²) in [5, 5.41) is 9.37. The summed E-state index contributed by atoms with van der Waals surface area (Å²) < 4.78 is 0. The van der Waals surface area contributed by atoms with Crippen LogP contribution in [0.2, 0.25) is 0 Å². The molecule has 1 aromatic carbocycles. The number of benzene rings is 1. The quantitative estimate of drug-likeness (QED) is 0.486. The monoisotopic (exact) mass is 208 g/mol. The fourth-order valence-corrected chi connectivity index (χ4v) is 1.63. The van der Waals surface area contributed by atoms with Crippen molar-refractivity contribution in [1.29, 1.82) is 0 Å². The molecule has 0 bridgehead atoms. The molecule has 0 aliphatic carbocycles. The van der Waals surface area contributed by atoms with Crippen LogP contribution >= 0.6 is 0 Å². The van der Waals surface area contributed by atoms with Crippen molar-refractivity contribution < 1.29 is 5.11 Å². The van der Waals surface area contributed by atoms with Crippen LogP contribution in [0.25, 0.3) is 0 Å². The minimum Gasteiger partial charge on any atom is -0.392 e. The average molecular weight is 208 g/mol. The molecule has 0 amide bonds. The smallest absolute Gasteiger partial charge is 0.0678 e. The van der Waals surface area contributed by atoms with Crippen molar-refractivity contribution in [2.24, 2.45) is 5.84 Å². The maximum Gasteiger partial charge on any atom is 0.0678 e. The van der Waals surface area contributed by atoms with E-state index >= 15 is 0 Å². The Labute approximate surface area is 91.3 Å². The van der Waals surface area contributed by atoms with Crippen molar-refractivity contribution in [2.45, 2.75) is 38.3 Å². The van der Waals surface area contributed by atoms with Gasteiger partial charge in [-0.3, -0.25) is 11.3 Å². The molecular weight excluding hydrogens is 188 g/mol. The van der Waals surface area contributed by atoms with Crippen LogP contribution in [-0.2, 0) is 6.42 Å². The maximum atomic E-state index is 9.37. The fourth-order valence-electron chi connectivity index (χ4n) is 1.63. The van der Waals surface area contributed by atoms with Crippen molar-refractivity contribution in [3.8, 4) is 0 Å². The Balaban J connectivity index is 2.27. The molecule has 1 aromatic rings. The van der Waals surface area contributed by atoms with Gasteiger partial charge in [-0.05, 0) is 31.7 Å². The number of nitrogens with two attached hydrogens (primary N) is 1. The molecular formula is C12H20N2O. The molecule has 0 radical (unpaired) electrons. The highest BCUT2D eigenvalue weighted by Gasteiger charge is 2.11. The molecule has 15 heavy (non-hydrogen) atoms. The van der Waals surface area contributed by atoms with Crippen LogP contribution in [0.3, 0.4) is 0 Å². The van der Waals surface area contributed by atoms with Crippen LogP contribution in [0, 0.1) is 0 Å². The van der Waals surface area contributed by atoms with Crippen molar-refractivity contribution in [2.75, 3.05) is 0 Å². The molecule has 3 heteroatoms. The fraction of sp³-hybridized carbons (Fsp3) is 0.500. The van der Waals surface area contributed by atoms with Gasteiger partial charge in [-0.1, -0.05) is 30.3 Å². The molecule has 2 atom stereocenters. The van der Waals surface area contributed by atoms with Gasteiger partial charge in [-0.2, -0.15) is 0 Å². The van der Waals surface area contributed by atoms with Crippen LogP contribution in [0.15, 0.2) is 30.3 Å². The van der Waals surface area contributed by atoms with Crippen LogP contribution in [0.5, 0.6) is 0 Å². The molecule has 2 unspecified atom stereocenters. The van der Waals surface area contributed by atoms with E-state index in [0.717, 1.165) is 19.3 Å². The summed E-state index contributed by atoms with van der Waals surface area (Å²) in [6, 6.07) is 10.3. The van der Waals surface area contributed by atoms with Gasteiger partial charge in [0.1, 0.15) is 0 Å². The third-order valence-electron chi connectivity index (χ3n) is 2.62. The minimum absolute atomic E-state index is 0.00582. The Morgan fingerprint density at radius 3 is 2.53 bits per heavy atom. The van der Waals surface area contributed by atoms with E-state index in [-0.39, 0.29) is 6.04 Å². The number of aliphatic hydroxyl groups is 1. The van der Waals surface area contributed by atoms with Gasteiger partial charge in [0, 0.05) is 6.04 Å². The van der Waals surface area contributed by atoms with E-state index in [9.17, 15) is 5.11 Å². The van der Waals surface area contributed by atoms with Gasteiger partial charge in [-0.15, -0.1) is 0 Å². The molecule has 0 aliphatic rings. The Kier molecular flexibility index (Phi) is 5.32. The SMILES string of the molecule is CC(O)C(CCCc1ccccc1)NN. The van der Waals surface area contributed by atoms with Gasteiger partial charge in [0.2, 0.25) is 0 Å². The summed E-state index contributed by atoms with van der Waals surface area (Å²) in [5.74, 6) is 5.34. The highest BCUT2D eigenvalue weighted by atomic mass is 16.3. The first-order valence-electron chi connectivity index (χ1n) is 5.42. The Bertz CT molecular complexity index is 262. The molecule has 1 rings (SSSR count). The second-order valence-corrected chi connectivity index (χ2v) is 3.89. The topological polar surface area (TPSA) is 58.3 Å². The van der Waals surface area contributed by atoms with E-state index in [2.05, 4.69) is 17.6 Å². The zero-order valence-electron chi connectivity index (χ0n) is 9.19. The van der Waals surface area contributed by atoms with E-state index in [1.807, 2.05) is 18.2 Å². The number of hydrazine groups is 1. The number of hydrogen-bond donors (Lipinski definition) is 3. The molecule has 84 valence electrons. The first-order valence-corrected chi connectivity index (χ1v) is 5.42. The lowest BCUT2D eigenvalue weighted by Gasteiger charge is -2.18. The zero-order valence-corrected chi connectivity index (χ0v) is 9.19. The van der Waals surface area contributed by atoms with Crippen molar-refractivity contribution in [1.82, 2.24) is 5.43 Å². The summed E-state index contributed by atoms with van der Waals surface area (Å²) in [6.45, 7) is 1.76. The summed E-state index contributed by atoms with van der Waals surface area (Å²) in [7, 11) is 0. The second kappa shape index (κ2) is 6.56. The molecule has 3 nitrogen and oxygen atoms in total. The highest BCUT2D eigenvalue weighted by molar-refractivity contribution is 5.14. The van der Waals surface area contributed by atoms with Gasteiger partial charge in [0.15, 0.2) is 0 Å². The molecule has 0 fully saturated rings. The number of rotatable bonds is 6. The number of hydrogen-bond acceptors (Lipinski definition) is 3. The van der Waals surface area contributed by atoms with Crippen molar-refractivity contribution >= 4 is 0 Å². The van der Waals surface area contributed by atoms with Crippen molar-refractivity contribution in [3.63, 3.8) is 0 Å². The lowest BCUT2D eigenvalue weighted by Crippen LogP contribution is -2.42. The van der Waals surface area contributed by atoms with E-state index < -0.39 is 6.10 Å². The van der Waals surface area contributed by atoms with Crippen LogP contribution < -0.4 is 11.3 Å². The van der Waals surface area contributed by atoms with Crippen LogP contribution in [0.4, 0.5) is 0 Å². The zero-order chi connectivity index (χ0) is 11.1. The van der Waals surface area contributed by atoms with Gasteiger partial charge in [0.05, 0.1) is 6.10 Å². The van der Waals surface area contributed by atoms with Gasteiger partial charge in [-0.25, -0.2) is 0 Å². The predicted molar refractivity (Wildman–Crippen MR) is 62.2 cm³/mol. The summed E-state index contributed by atoms with van der Waals surface area (Å²) >= 11 is 0. The molecule has 0 saturated heterocycles. The van der Waals surface area contributed by atoms with E-state index in [4.69, 9.17) is 5.84 Å². The maximum absolute atomic E-state index is 9.37. The Morgan fingerprint density at radius 1 is 1.33 bits per heavy atom. The second-order valence-electron chi connectivity index (χ2n) is 3.89. The largest absolute Gasteiger partial charge is 0.392 e. The molecule has 4 N–H and O–H groups in total. The first-order chi connectivity index (χ1) is 7.24. The van der Waals surface area contributed by atoms with E-state index in [0.29, 0.717) is 0 Å². The third-order valence-corrected chi connectivity index (χ3v) is 2.62. The normalized spacial score (nSPS) is 14.9. The van der Waals surface area contributed by atoms with Crippen LogP contribution in [0.1, 0.15) is 25.3 Å². The highest BCUT2D eigenvalue weighted by Crippen LogP contribution is 2.08. The standard InChI is InChI=1S/C12H20N2O/c1-10(15)12(14-13)9-5-8-11-6-3-2-4-7-11/h2-4,6-7,10,12,14-15H,5,8-9,13H2,1H3. The van der Waals surface area contributed by atoms with E-state index in [1.165, 1.54) is 5.56 Å². The summed E-state index contributed by atoms with van der Waals surface area (Å²) in [4.78, 5) is 0. The molecule has 0 aliphatic heterocycles. The number of aryl methyl sites for hydroxylation is 1. The minimum atomic E-state index is -0.397. The third kappa shape index (κ3) is 4.42. The number of aliphatic hydroxyl groups excluding tert-OH is 1. The first kappa shape index (κ1) is 12.2. The Hall–Kier alpha value is -0.900. The molecule has 0 spiro atoms. The van der Waals surface area contributed by atoms with E-state index in [1.54, 1.807) is 6.92 Å². The molecule has 0 aromatic heterocycles. The van der Waals surface area contributed by atoms with Crippen LogP contribution in [-0.4, -0.2) is 17.3 Å². The Morgan fingerprint density at radius 2 is 2.00 bits per heavy atom. The average Bonchev–Trinajstić information content (AvgIpc) is 2.25. The molecule has 0 saturated carbocycles. The summed E-state index contributed by atoms with van der Waals surface area (Å²) in [6.07, 6.45) is 2.56. The number of nitrogens with one attached hydrogen (secondary N) is 1.